The van der Waals surface area contributed by atoms with Crippen molar-refractivity contribution < 1.29 is 24.5 Å². The number of fused-ring (bicyclic) bond motifs is 1. The number of carbonyl (C=O) groups is 2. The molecule has 0 amide bonds. The molecule has 0 aromatic carbocycles. The Labute approximate surface area is 183 Å². The lowest BCUT2D eigenvalue weighted by atomic mass is 9.70. The zero-order chi connectivity index (χ0) is 22.6. The number of ether oxygens (including phenoxy) is 1. The zero-order valence-corrected chi connectivity index (χ0v) is 19.0. The van der Waals surface area contributed by atoms with Gasteiger partial charge in [-0.3, -0.25) is 9.59 Å². The molecule has 1 heterocycles. The average Bonchev–Trinajstić information content (AvgIpc) is 2.67. The molecule has 0 spiro atoms. The van der Waals surface area contributed by atoms with Crippen LogP contribution in [0, 0.1) is 11.8 Å². The van der Waals surface area contributed by atoms with Gasteiger partial charge in [0.15, 0.2) is 0 Å². The number of halogens is 1. The van der Waals surface area contributed by atoms with E-state index in [-0.39, 0.29) is 23.7 Å². The minimum atomic E-state index is -1.83. The molecular weight excluding hydrogens is 404 g/mol. The fourth-order valence-electron chi connectivity index (χ4n) is 3.59. The third kappa shape index (κ3) is 5.60. The molecule has 2 rings (SSSR count). The first-order valence-electron chi connectivity index (χ1n) is 10.3. The van der Waals surface area contributed by atoms with Gasteiger partial charge in [0, 0.05) is 29.9 Å². The van der Waals surface area contributed by atoms with E-state index in [1.807, 2.05) is 13.0 Å². The van der Waals surface area contributed by atoms with Crippen molar-refractivity contribution in [2.24, 2.45) is 11.8 Å². The number of rotatable bonds is 8. The summed E-state index contributed by atoms with van der Waals surface area (Å²) in [5.74, 6) is -0.699. The quantitative estimate of drug-likeness (QED) is 0.549. The van der Waals surface area contributed by atoms with E-state index in [4.69, 9.17) is 16.3 Å². The van der Waals surface area contributed by atoms with E-state index in [0.717, 1.165) is 12.0 Å². The first-order valence-corrected chi connectivity index (χ1v) is 10.7. The summed E-state index contributed by atoms with van der Waals surface area (Å²) in [6, 6.07) is 0. The van der Waals surface area contributed by atoms with Gasteiger partial charge >= 0.3 is 0 Å². The lowest BCUT2D eigenvalue weighted by Gasteiger charge is -2.38. The third-order valence-electron chi connectivity index (χ3n) is 5.53. The van der Waals surface area contributed by atoms with Gasteiger partial charge in [-0.15, -0.1) is 0 Å². The third-order valence-corrected chi connectivity index (χ3v) is 5.90. The van der Waals surface area contributed by atoms with Crippen LogP contribution in [0.4, 0.5) is 0 Å². The summed E-state index contributed by atoms with van der Waals surface area (Å²) in [6.45, 7) is 9.16. The molecule has 5 nitrogen and oxygen atoms in total. The summed E-state index contributed by atoms with van der Waals surface area (Å²) in [6.07, 6.45) is 9.11. The van der Waals surface area contributed by atoms with Gasteiger partial charge in [0.05, 0.1) is 17.4 Å². The first-order chi connectivity index (χ1) is 14.0. The van der Waals surface area contributed by atoms with Crippen molar-refractivity contribution in [3.05, 3.63) is 58.1 Å². The van der Waals surface area contributed by atoms with E-state index in [2.05, 4.69) is 19.9 Å². The predicted octanol–water partition coefficient (Wildman–Crippen LogP) is 4.51. The van der Waals surface area contributed by atoms with E-state index < -0.39 is 23.4 Å². The van der Waals surface area contributed by atoms with E-state index in [9.17, 15) is 19.8 Å². The second kappa shape index (κ2) is 9.90. The summed E-state index contributed by atoms with van der Waals surface area (Å²) in [7, 11) is 0. The van der Waals surface area contributed by atoms with E-state index in [1.54, 1.807) is 12.2 Å². The lowest BCUT2D eigenvalue weighted by molar-refractivity contribution is -0.137. The number of aliphatic hydroxyl groups excluding tert-OH is 1. The van der Waals surface area contributed by atoms with Crippen LogP contribution < -0.4 is 0 Å². The highest BCUT2D eigenvalue weighted by Gasteiger charge is 2.49. The molecule has 0 fully saturated rings. The van der Waals surface area contributed by atoms with Gasteiger partial charge in [-0.05, 0) is 38.8 Å². The Bertz CT molecular complexity index is 855. The molecule has 30 heavy (non-hydrogen) atoms. The van der Waals surface area contributed by atoms with Crippen LogP contribution in [0.25, 0.3) is 0 Å². The number of Topliss-reactive ketones (excluding diaryl/α,β-unsaturated/α-hetero) is 2. The number of ketones is 2. The van der Waals surface area contributed by atoms with Crippen molar-refractivity contribution in [3.63, 3.8) is 0 Å². The minimum Gasteiger partial charge on any atom is -0.465 e. The molecule has 164 valence electrons. The van der Waals surface area contributed by atoms with Crippen molar-refractivity contribution in [3.8, 4) is 0 Å². The van der Waals surface area contributed by atoms with Gasteiger partial charge in [0.2, 0.25) is 5.78 Å². The molecule has 0 radical (unpaired) electrons. The summed E-state index contributed by atoms with van der Waals surface area (Å²) in [5.41, 5.74) is 0.221. The summed E-state index contributed by atoms with van der Waals surface area (Å²) in [5, 5.41) is 20.2. The molecule has 0 unspecified atom stereocenters. The van der Waals surface area contributed by atoms with Gasteiger partial charge in [-0.1, -0.05) is 49.6 Å². The van der Waals surface area contributed by atoms with Gasteiger partial charge in [0.25, 0.3) is 0 Å². The van der Waals surface area contributed by atoms with Crippen molar-refractivity contribution in [2.45, 2.75) is 65.6 Å². The molecule has 0 bridgehead atoms. The maximum atomic E-state index is 12.7. The molecule has 6 heteroatoms. The fourth-order valence-corrected chi connectivity index (χ4v) is 3.95. The highest BCUT2D eigenvalue weighted by molar-refractivity contribution is 6.45. The minimum absolute atomic E-state index is 0.0483. The highest BCUT2D eigenvalue weighted by Crippen LogP contribution is 2.44. The Kier molecular flexibility index (Phi) is 8.03. The predicted molar refractivity (Wildman–Crippen MR) is 118 cm³/mol. The molecule has 4 atom stereocenters. The SMILES string of the molecule is CC[C@@H](C)/C=C(\C)C=CC1=CC2=C(Cl)C(=O)[C@@](C)(O)[C@@H](CC(=O)C[C@@H](C)O)C2=CO1. The van der Waals surface area contributed by atoms with Crippen LogP contribution in [0.5, 0.6) is 0 Å². The van der Waals surface area contributed by atoms with Gasteiger partial charge < -0.3 is 14.9 Å². The van der Waals surface area contributed by atoms with Crippen molar-refractivity contribution in [2.75, 3.05) is 0 Å². The van der Waals surface area contributed by atoms with Crippen LogP contribution >= 0.6 is 11.6 Å². The van der Waals surface area contributed by atoms with Gasteiger partial charge in [-0.2, -0.15) is 0 Å². The van der Waals surface area contributed by atoms with Gasteiger partial charge in [-0.25, -0.2) is 0 Å². The average molecular weight is 435 g/mol. The van der Waals surface area contributed by atoms with Crippen LogP contribution in [-0.2, 0) is 14.3 Å². The maximum Gasteiger partial charge on any atom is 0.206 e. The van der Waals surface area contributed by atoms with Crippen LogP contribution in [0.2, 0.25) is 0 Å². The van der Waals surface area contributed by atoms with E-state index >= 15 is 0 Å². The Hall–Kier alpha value is -1.95. The molecule has 0 saturated carbocycles. The number of hydrogen-bond acceptors (Lipinski definition) is 5. The van der Waals surface area contributed by atoms with Crippen molar-refractivity contribution >= 4 is 23.2 Å². The molecular formula is C24H31ClO5. The largest absolute Gasteiger partial charge is 0.465 e. The second-order valence-electron chi connectivity index (χ2n) is 8.42. The molecule has 0 aromatic rings. The lowest BCUT2D eigenvalue weighted by Crippen LogP contribution is -2.48. The van der Waals surface area contributed by atoms with Crippen LogP contribution in [-0.4, -0.2) is 33.5 Å². The Morgan fingerprint density at radius 2 is 2.07 bits per heavy atom. The highest BCUT2D eigenvalue weighted by atomic mass is 35.5. The molecule has 2 aliphatic rings. The Morgan fingerprint density at radius 1 is 1.40 bits per heavy atom. The fraction of sp³-hybridized carbons (Fsp3) is 0.500. The summed E-state index contributed by atoms with van der Waals surface area (Å²) in [4.78, 5) is 25.0. The molecule has 1 aliphatic carbocycles. The zero-order valence-electron chi connectivity index (χ0n) is 18.2. The van der Waals surface area contributed by atoms with E-state index in [0.29, 0.717) is 22.8 Å². The van der Waals surface area contributed by atoms with Crippen LogP contribution in [0.3, 0.4) is 0 Å². The monoisotopic (exact) mass is 434 g/mol. The summed E-state index contributed by atoms with van der Waals surface area (Å²) >= 11 is 6.30. The second-order valence-corrected chi connectivity index (χ2v) is 8.80. The topological polar surface area (TPSA) is 83.8 Å². The van der Waals surface area contributed by atoms with Crippen LogP contribution in [0.1, 0.15) is 53.9 Å². The smallest absolute Gasteiger partial charge is 0.206 e. The molecule has 0 aromatic heterocycles. The van der Waals surface area contributed by atoms with E-state index in [1.165, 1.54) is 20.1 Å². The van der Waals surface area contributed by atoms with Crippen LogP contribution in [0.15, 0.2) is 58.1 Å². The number of allylic oxidation sites excluding steroid dienone is 6. The molecule has 1 aliphatic heterocycles. The number of aliphatic hydroxyl groups is 2. The summed E-state index contributed by atoms with van der Waals surface area (Å²) < 4.78 is 5.71. The first kappa shape index (κ1) is 24.3. The number of carbonyl (C=O) groups excluding carboxylic acids is 2. The van der Waals surface area contributed by atoms with Crippen molar-refractivity contribution in [1.82, 2.24) is 0 Å². The normalized spacial score (nSPS) is 26.7. The Morgan fingerprint density at radius 3 is 2.67 bits per heavy atom. The number of hydrogen-bond donors (Lipinski definition) is 2. The van der Waals surface area contributed by atoms with Crippen molar-refractivity contribution in [1.29, 1.82) is 0 Å². The van der Waals surface area contributed by atoms with Gasteiger partial charge in [0.1, 0.15) is 17.1 Å². The maximum absolute atomic E-state index is 12.7. The molecule has 0 saturated heterocycles. The molecule has 2 N–H and O–H groups in total. The standard InChI is InChI=1S/C24H31ClO5/c1-6-14(2)9-15(3)7-8-18-12-19-20(13-30-18)21(11-17(27)10-16(4)26)24(5,29)23(28)22(19)25/h7-9,12-14,16,21,26,29H,6,10-11H2,1-5H3/b8-7?,15-9+/t14-,16-,21+,24+/m1/s1. The Balaban J connectivity index is 2.33.